The Balaban J connectivity index is 4.23. The molecular formula is C10H22N2O4S. The van der Waals surface area contributed by atoms with Crippen LogP contribution in [0.2, 0.25) is 0 Å². The summed E-state index contributed by atoms with van der Waals surface area (Å²) < 4.78 is 29.9. The van der Waals surface area contributed by atoms with Gasteiger partial charge in [0.15, 0.2) is 0 Å². The molecule has 0 aliphatic carbocycles. The summed E-state index contributed by atoms with van der Waals surface area (Å²) in [5, 5.41) is 0. The SMILES string of the molecule is CCC(N)(CC)CNS(=O)(=O)CCC(=O)OC. The van der Waals surface area contributed by atoms with Crippen LogP contribution in [0, 0.1) is 0 Å². The molecule has 0 spiro atoms. The molecule has 0 bridgehead atoms. The molecule has 0 aliphatic heterocycles. The molecule has 7 heteroatoms. The van der Waals surface area contributed by atoms with E-state index >= 15 is 0 Å². The Kier molecular flexibility index (Phi) is 6.66. The maximum Gasteiger partial charge on any atom is 0.306 e. The Hall–Kier alpha value is -0.660. The zero-order valence-corrected chi connectivity index (χ0v) is 11.5. The largest absolute Gasteiger partial charge is 0.469 e. The van der Waals surface area contributed by atoms with Crippen LogP contribution in [0.5, 0.6) is 0 Å². The van der Waals surface area contributed by atoms with Gasteiger partial charge in [-0.25, -0.2) is 13.1 Å². The molecule has 0 fully saturated rings. The van der Waals surface area contributed by atoms with E-state index in [9.17, 15) is 13.2 Å². The molecular weight excluding hydrogens is 244 g/mol. The molecule has 6 nitrogen and oxygen atoms in total. The van der Waals surface area contributed by atoms with Crippen LogP contribution in [0.15, 0.2) is 0 Å². The van der Waals surface area contributed by atoms with E-state index in [2.05, 4.69) is 9.46 Å². The van der Waals surface area contributed by atoms with Crippen molar-refractivity contribution in [3.63, 3.8) is 0 Å². The monoisotopic (exact) mass is 266 g/mol. The molecule has 0 saturated carbocycles. The third-order valence-electron chi connectivity index (χ3n) is 2.85. The Morgan fingerprint density at radius 2 is 1.88 bits per heavy atom. The first-order valence-corrected chi connectivity index (χ1v) is 7.27. The van der Waals surface area contributed by atoms with Crippen LogP contribution in [0.25, 0.3) is 0 Å². The summed E-state index contributed by atoms with van der Waals surface area (Å²) in [6.45, 7) is 4.00. The number of carbonyl (C=O) groups is 1. The minimum Gasteiger partial charge on any atom is -0.469 e. The van der Waals surface area contributed by atoms with Crippen molar-refractivity contribution >= 4 is 16.0 Å². The Bertz CT molecular complexity index is 336. The van der Waals surface area contributed by atoms with E-state index < -0.39 is 21.5 Å². The number of hydrogen-bond acceptors (Lipinski definition) is 5. The number of sulfonamides is 1. The lowest BCUT2D eigenvalue weighted by Crippen LogP contribution is -2.49. The number of esters is 1. The first-order valence-electron chi connectivity index (χ1n) is 5.61. The Morgan fingerprint density at radius 1 is 1.35 bits per heavy atom. The summed E-state index contributed by atoms with van der Waals surface area (Å²) in [6.07, 6.45) is 1.22. The normalized spacial score (nSPS) is 12.5. The molecule has 3 N–H and O–H groups in total. The van der Waals surface area contributed by atoms with Gasteiger partial charge in [0.1, 0.15) is 0 Å². The van der Waals surface area contributed by atoms with Crippen molar-refractivity contribution in [1.29, 1.82) is 0 Å². The van der Waals surface area contributed by atoms with Gasteiger partial charge in [-0.3, -0.25) is 4.79 Å². The molecule has 0 amide bonds. The van der Waals surface area contributed by atoms with Crippen LogP contribution in [0.1, 0.15) is 33.1 Å². The van der Waals surface area contributed by atoms with E-state index in [0.717, 1.165) is 0 Å². The predicted octanol–water partition coefficient (Wildman–Crippen LogP) is -0.0136. The number of nitrogens with two attached hydrogens (primary N) is 1. The highest BCUT2D eigenvalue weighted by Crippen LogP contribution is 2.10. The maximum absolute atomic E-state index is 11.6. The van der Waals surface area contributed by atoms with Crippen molar-refractivity contribution in [3.8, 4) is 0 Å². The van der Waals surface area contributed by atoms with Crippen LogP contribution < -0.4 is 10.5 Å². The number of nitrogens with one attached hydrogen (secondary N) is 1. The summed E-state index contributed by atoms with van der Waals surface area (Å²) in [4.78, 5) is 10.8. The second kappa shape index (κ2) is 6.93. The maximum atomic E-state index is 11.6. The van der Waals surface area contributed by atoms with Gasteiger partial charge < -0.3 is 10.5 Å². The van der Waals surface area contributed by atoms with E-state index in [0.29, 0.717) is 12.8 Å². The summed E-state index contributed by atoms with van der Waals surface area (Å²) in [6, 6.07) is 0. The zero-order chi connectivity index (χ0) is 13.5. The number of rotatable bonds is 8. The van der Waals surface area contributed by atoms with Crippen molar-refractivity contribution in [1.82, 2.24) is 4.72 Å². The van der Waals surface area contributed by atoms with Gasteiger partial charge in [-0.15, -0.1) is 0 Å². The van der Waals surface area contributed by atoms with E-state index in [4.69, 9.17) is 5.73 Å². The fraction of sp³-hybridized carbons (Fsp3) is 0.900. The molecule has 0 aromatic heterocycles. The fourth-order valence-electron chi connectivity index (χ4n) is 1.15. The highest BCUT2D eigenvalue weighted by Gasteiger charge is 2.23. The van der Waals surface area contributed by atoms with Gasteiger partial charge in [0.25, 0.3) is 0 Å². The first kappa shape index (κ1) is 16.3. The topological polar surface area (TPSA) is 98.5 Å². The van der Waals surface area contributed by atoms with Crippen LogP contribution in [-0.2, 0) is 19.6 Å². The van der Waals surface area contributed by atoms with Crippen LogP contribution >= 0.6 is 0 Å². The minimum absolute atomic E-state index is 0.151. The van der Waals surface area contributed by atoms with Gasteiger partial charge >= 0.3 is 5.97 Å². The first-order chi connectivity index (χ1) is 7.78. The molecule has 102 valence electrons. The molecule has 0 aromatic carbocycles. The lowest BCUT2D eigenvalue weighted by Gasteiger charge is -2.26. The quantitative estimate of drug-likeness (QED) is 0.602. The summed E-state index contributed by atoms with van der Waals surface area (Å²) in [7, 11) is -2.25. The lowest BCUT2D eigenvalue weighted by molar-refractivity contribution is -0.140. The highest BCUT2D eigenvalue weighted by atomic mass is 32.2. The molecule has 17 heavy (non-hydrogen) atoms. The number of hydrogen-bond donors (Lipinski definition) is 2. The van der Waals surface area contributed by atoms with E-state index in [1.165, 1.54) is 7.11 Å². The average Bonchev–Trinajstić information content (AvgIpc) is 2.33. The summed E-state index contributed by atoms with van der Waals surface area (Å²) in [5.41, 5.74) is 5.44. The Morgan fingerprint density at radius 3 is 2.29 bits per heavy atom. The number of methoxy groups -OCH3 is 1. The molecule has 0 heterocycles. The molecule has 0 radical (unpaired) electrons. The van der Waals surface area contributed by atoms with Gasteiger partial charge in [0, 0.05) is 12.1 Å². The second-order valence-corrected chi connectivity index (χ2v) is 5.96. The van der Waals surface area contributed by atoms with Crippen LogP contribution in [0.4, 0.5) is 0 Å². The predicted molar refractivity (Wildman–Crippen MR) is 65.9 cm³/mol. The third kappa shape index (κ3) is 6.60. The molecule has 0 aliphatic rings. The molecule has 0 unspecified atom stereocenters. The van der Waals surface area contributed by atoms with E-state index in [1.54, 1.807) is 0 Å². The van der Waals surface area contributed by atoms with Gasteiger partial charge in [-0.05, 0) is 12.8 Å². The van der Waals surface area contributed by atoms with Crippen molar-refractivity contribution < 1.29 is 17.9 Å². The van der Waals surface area contributed by atoms with Gasteiger partial charge in [-0.1, -0.05) is 13.8 Å². The molecule has 0 aromatic rings. The number of carbonyl (C=O) groups excluding carboxylic acids is 1. The van der Waals surface area contributed by atoms with E-state index in [-0.39, 0.29) is 18.7 Å². The van der Waals surface area contributed by atoms with Gasteiger partial charge in [0.05, 0.1) is 19.3 Å². The van der Waals surface area contributed by atoms with Gasteiger partial charge in [-0.2, -0.15) is 0 Å². The van der Waals surface area contributed by atoms with Crippen LogP contribution in [0.3, 0.4) is 0 Å². The smallest absolute Gasteiger partial charge is 0.306 e. The fourth-order valence-corrected chi connectivity index (χ4v) is 2.23. The average molecular weight is 266 g/mol. The van der Waals surface area contributed by atoms with Crippen molar-refractivity contribution in [2.24, 2.45) is 5.73 Å². The molecule has 0 rings (SSSR count). The van der Waals surface area contributed by atoms with Gasteiger partial charge in [0.2, 0.25) is 10.0 Å². The highest BCUT2D eigenvalue weighted by molar-refractivity contribution is 7.89. The van der Waals surface area contributed by atoms with Crippen molar-refractivity contribution in [3.05, 3.63) is 0 Å². The number of ether oxygens (including phenoxy) is 1. The standard InChI is InChI=1S/C10H22N2O4S/c1-4-10(11,5-2)8-12-17(14,15)7-6-9(13)16-3/h12H,4-8,11H2,1-3H3. The van der Waals surface area contributed by atoms with E-state index in [1.807, 2.05) is 13.8 Å². The Labute approximate surface area is 103 Å². The zero-order valence-electron chi connectivity index (χ0n) is 10.7. The lowest BCUT2D eigenvalue weighted by atomic mass is 9.95. The van der Waals surface area contributed by atoms with Crippen LogP contribution in [-0.4, -0.2) is 39.3 Å². The summed E-state index contributed by atoms with van der Waals surface area (Å²) in [5.74, 6) is -0.816. The molecule has 0 atom stereocenters. The summed E-state index contributed by atoms with van der Waals surface area (Å²) >= 11 is 0. The second-order valence-electron chi connectivity index (χ2n) is 4.04. The minimum atomic E-state index is -3.47. The van der Waals surface area contributed by atoms with Crippen molar-refractivity contribution in [2.75, 3.05) is 19.4 Å². The third-order valence-corrected chi connectivity index (χ3v) is 4.18. The molecule has 0 saturated heterocycles. The van der Waals surface area contributed by atoms with Crippen molar-refractivity contribution in [2.45, 2.75) is 38.6 Å².